The Morgan fingerprint density at radius 1 is 1.11 bits per heavy atom. The number of carbonyl (C=O) groups is 1. The fourth-order valence-electron chi connectivity index (χ4n) is 3.26. The fraction of sp³-hybridized carbons (Fsp3) is 0.333. The summed E-state index contributed by atoms with van der Waals surface area (Å²) >= 11 is 1.32. The first-order valence-electron chi connectivity index (χ1n) is 9.37. The van der Waals surface area contributed by atoms with E-state index in [-0.39, 0.29) is 11.2 Å². The number of rotatable bonds is 5. The van der Waals surface area contributed by atoms with E-state index in [9.17, 15) is 4.79 Å². The van der Waals surface area contributed by atoms with Gasteiger partial charge in [0.15, 0.2) is 5.58 Å². The lowest BCUT2D eigenvalue weighted by atomic mass is 10.1. The number of nitrogens with one attached hydrogen (secondary N) is 1. The van der Waals surface area contributed by atoms with Gasteiger partial charge in [0.05, 0.1) is 5.25 Å². The van der Waals surface area contributed by atoms with Crippen molar-refractivity contribution < 1.29 is 9.21 Å². The van der Waals surface area contributed by atoms with E-state index in [1.165, 1.54) is 36.7 Å². The number of thioether (sulfide) groups is 1. The molecule has 1 fully saturated rings. The van der Waals surface area contributed by atoms with Gasteiger partial charge < -0.3 is 14.6 Å². The van der Waals surface area contributed by atoms with Crippen molar-refractivity contribution in [2.45, 2.75) is 36.7 Å². The molecule has 1 atom stereocenters. The zero-order chi connectivity index (χ0) is 18.6. The van der Waals surface area contributed by atoms with Crippen molar-refractivity contribution in [3.63, 3.8) is 0 Å². The first-order valence-corrected chi connectivity index (χ1v) is 10.2. The van der Waals surface area contributed by atoms with E-state index in [0.717, 1.165) is 29.9 Å². The summed E-state index contributed by atoms with van der Waals surface area (Å²) in [4.78, 5) is 19.3. The summed E-state index contributed by atoms with van der Waals surface area (Å²) in [5.41, 5.74) is 3.58. The molecule has 0 spiro atoms. The molecule has 1 saturated heterocycles. The third kappa shape index (κ3) is 4.27. The van der Waals surface area contributed by atoms with Gasteiger partial charge in [0, 0.05) is 24.5 Å². The maximum Gasteiger partial charge on any atom is 0.257 e. The van der Waals surface area contributed by atoms with Crippen LogP contribution in [0.3, 0.4) is 0 Å². The predicted molar refractivity (Wildman–Crippen MR) is 110 cm³/mol. The fourth-order valence-corrected chi connectivity index (χ4v) is 4.02. The normalized spacial score (nSPS) is 15.7. The maximum absolute atomic E-state index is 12.5. The first-order chi connectivity index (χ1) is 13.2. The van der Waals surface area contributed by atoms with Crippen LogP contribution in [0.2, 0.25) is 0 Å². The van der Waals surface area contributed by atoms with Crippen LogP contribution in [0.15, 0.2) is 58.2 Å². The molecule has 0 aliphatic carbocycles. The van der Waals surface area contributed by atoms with Gasteiger partial charge >= 0.3 is 0 Å². The van der Waals surface area contributed by atoms with Crippen molar-refractivity contribution in [2.24, 2.45) is 0 Å². The lowest BCUT2D eigenvalue weighted by Crippen LogP contribution is -2.29. The summed E-state index contributed by atoms with van der Waals surface area (Å²) in [6, 6.07) is 15.7. The van der Waals surface area contributed by atoms with Gasteiger partial charge in [0.1, 0.15) is 5.52 Å². The summed E-state index contributed by atoms with van der Waals surface area (Å²) in [6.45, 7) is 4.09. The molecule has 0 radical (unpaired) electrons. The van der Waals surface area contributed by atoms with Crippen LogP contribution in [0.5, 0.6) is 0 Å². The third-order valence-electron chi connectivity index (χ3n) is 4.78. The predicted octanol–water partition coefficient (Wildman–Crippen LogP) is 4.94. The molecular formula is C21H23N3O2S. The van der Waals surface area contributed by atoms with E-state index in [1.807, 2.05) is 43.3 Å². The number of fused-ring (bicyclic) bond motifs is 1. The molecule has 1 aliphatic heterocycles. The van der Waals surface area contributed by atoms with E-state index in [2.05, 4.69) is 27.3 Å². The minimum Gasteiger partial charge on any atom is -0.431 e. The van der Waals surface area contributed by atoms with Crippen molar-refractivity contribution in [3.8, 4) is 0 Å². The topological polar surface area (TPSA) is 58.4 Å². The molecule has 27 heavy (non-hydrogen) atoms. The highest BCUT2D eigenvalue weighted by molar-refractivity contribution is 8.00. The van der Waals surface area contributed by atoms with Crippen molar-refractivity contribution in [1.29, 1.82) is 0 Å². The van der Waals surface area contributed by atoms with Gasteiger partial charge in [-0.15, -0.1) is 0 Å². The van der Waals surface area contributed by atoms with Crippen LogP contribution in [0.1, 0.15) is 26.2 Å². The first kappa shape index (κ1) is 17.9. The lowest BCUT2D eigenvalue weighted by Gasteiger charge is -2.28. The number of piperidine rings is 1. The zero-order valence-electron chi connectivity index (χ0n) is 15.4. The number of hydrogen-bond acceptors (Lipinski definition) is 5. The Morgan fingerprint density at radius 2 is 1.85 bits per heavy atom. The second kappa shape index (κ2) is 8.05. The van der Waals surface area contributed by atoms with Gasteiger partial charge in [-0.25, -0.2) is 4.98 Å². The maximum atomic E-state index is 12.5. The Kier molecular flexibility index (Phi) is 5.34. The summed E-state index contributed by atoms with van der Waals surface area (Å²) < 4.78 is 5.69. The molecule has 0 unspecified atom stereocenters. The summed E-state index contributed by atoms with van der Waals surface area (Å²) in [5.74, 6) is -0.0621. The number of oxazole rings is 1. The Morgan fingerprint density at radius 3 is 2.59 bits per heavy atom. The van der Waals surface area contributed by atoms with Gasteiger partial charge in [-0.1, -0.05) is 23.9 Å². The minimum absolute atomic E-state index is 0.0621. The van der Waals surface area contributed by atoms with Gasteiger partial charge in [0.2, 0.25) is 5.91 Å². The summed E-state index contributed by atoms with van der Waals surface area (Å²) in [7, 11) is 0. The second-order valence-electron chi connectivity index (χ2n) is 6.79. The van der Waals surface area contributed by atoms with E-state index in [0.29, 0.717) is 5.22 Å². The smallest absolute Gasteiger partial charge is 0.257 e. The van der Waals surface area contributed by atoms with Gasteiger partial charge in [-0.3, -0.25) is 4.79 Å². The molecule has 140 valence electrons. The highest BCUT2D eigenvalue weighted by Gasteiger charge is 2.18. The monoisotopic (exact) mass is 381 g/mol. The van der Waals surface area contributed by atoms with Crippen LogP contribution in [-0.2, 0) is 4.79 Å². The van der Waals surface area contributed by atoms with Gasteiger partial charge in [0.25, 0.3) is 5.22 Å². The molecule has 3 aromatic rings. The number of benzene rings is 2. The quantitative estimate of drug-likeness (QED) is 0.635. The third-order valence-corrected chi connectivity index (χ3v) is 5.72. The molecule has 4 rings (SSSR count). The average Bonchev–Trinajstić information content (AvgIpc) is 3.11. The van der Waals surface area contributed by atoms with Crippen LogP contribution in [0.25, 0.3) is 11.1 Å². The molecule has 1 N–H and O–H groups in total. The highest BCUT2D eigenvalue weighted by atomic mass is 32.2. The van der Waals surface area contributed by atoms with Crippen LogP contribution in [0.4, 0.5) is 11.4 Å². The van der Waals surface area contributed by atoms with Crippen LogP contribution in [-0.4, -0.2) is 29.2 Å². The highest BCUT2D eigenvalue weighted by Crippen LogP contribution is 2.27. The van der Waals surface area contributed by atoms with Crippen molar-refractivity contribution in [2.75, 3.05) is 23.3 Å². The van der Waals surface area contributed by atoms with E-state index >= 15 is 0 Å². The number of carbonyl (C=O) groups excluding carboxylic acids is 1. The standard InChI is InChI=1S/C21H23N3O2S/c1-15(27-21-23-18-7-3-4-8-19(18)26-21)20(25)22-16-9-11-17(12-10-16)24-13-5-2-6-14-24/h3-4,7-12,15H,2,5-6,13-14H2,1H3,(H,22,25)/t15-/m0/s1. The van der Waals surface area contributed by atoms with Crippen LogP contribution < -0.4 is 10.2 Å². The zero-order valence-corrected chi connectivity index (χ0v) is 16.2. The Bertz CT molecular complexity index is 884. The number of amides is 1. The SMILES string of the molecule is C[C@H](Sc1nc2ccccc2o1)C(=O)Nc1ccc(N2CCCCC2)cc1. The molecule has 6 heteroatoms. The summed E-state index contributed by atoms with van der Waals surface area (Å²) in [6.07, 6.45) is 3.83. The average molecular weight is 382 g/mol. The number of aromatic nitrogens is 1. The molecule has 0 saturated carbocycles. The summed E-state index contributed by atoms with van der Waals surface area (Å²) in [5, 5.41) is 3.19. The van der Waals surface area contributed by atoms with E-state index in [4.69, 9.17) is 4.42 Å². The van der Waals surface area contributed by atoms with Crippen LogP contribution in [0, 0.1) is 0 Å². The Hall–Kier alpha value is -2.47. The van der Waals surface area contributed by atoms with Crippen LogP contribution >= 0.6 is 11.8 Å². The van der Waals surface area contributed by atoms with E-state index in [1.54, 1.807) is 0 Å². The molecule has 1 amide bonds. The van der Waals surface area contributed by atoms with Crippen molar-refractivity contribution in [3.05, 3.63) is 48.5 Å². The molecule has 2 heterocycles. The van der Waals surface area contributed by atoms with Crippen molar-refractivity contribution in [1.82, 2.24) is 4.98 Å². The molecule has 5 nitrogen and oxygen atoms in total. The number of para-hydroxylation sites is 2. The van der Waals surface area contributed by atoms with E-state index < -0.39 is 0 Å². The molecular weight excluding hydrogens is 358 g/mol. The molecule has 1 aliphatic rings. The van der Waals surface area contributed by atoms with Crippen molar-refractivity contribution >= 4 is 40.1 Å². The second-order valence-corrected chi connectivity index (χ2v) is 8.08. The minimum atomic E-state index is -0.306. The molecule has 0 bridgehead atoms. The number of anilines is 2. The molecule has 1 aromatic heterocycles. The number of hydrogen-bond donors (Lipinski definition) is 1. The lowest BCUT2D eigenvalue weighted by molar-refractivity contribution is -0.115. The Balaban J connectivity index is 1.36. The van der Waals surface area contributed by atoms with Gasteiger partial charge in [-0.05, 0) is 62.6 Å². The number of nitrogens with zero attached hydrogens (tertiary/aromatic N) is 2. The molecule has 2 aromatic carbocycles. The largest absolute Gasteiger partial charge is 0.431 e. The van der Waals surface area contributed by atoms with Gasteiger partial charge in [-0.2, -0.15) is 0 Å². The Labute approximate surface area is 163 Å².